The molecular weight excluding hydrogens is 386 g/mol. The first-order chi connectivity index (χ1) is 13.4. The van der Waals surface area contributed by atoms with Crippen LogP contribution >= 0.6 is 11.8 Å². The molecule has 0 aliphatic carbocycles. The van der Waals surface area contributed by atoms with Crippen LogP contribution in [-0.2, 0) is 11.4 Å². The topological polar surface area (TPSA) is 149 Å². The van der Waals surface area contributed by atoms with Crippen LogP contribution in [-0.4, -0.2) is 61.7 Å². The highest BCUT2D eigenvalue weighted by atomic mass is 32.2. The fourth-order valence-electron chi connectivity index (χ4n) is 3.17. The molecule has 0 aromatic carbocycles. The van der Waals surface area contributed by atoms with Crippen molar-refractivity contribution in [2.24, 2.45) is 0 Å². The normalized spacial score (nSPS) is 22.5. The minimum atomic E-state index is -0.729. The minimum absolute atomic E-state index is 0.0640. The lowest BCUT2D eigenvalue weighted by Crippen LogP contribution is -2.36. The molecule has 28 heavy (non-hydrogen) atoms. The van der Waals surface area contributed by atoms with E-state index in [1.807, 2.05) is 11.8 Å². The van der Waals surface area contributed by atoms with E-state index < -0.39 is 5.97 Å². The number of fused-ring (bicyclic) bond motifs is 1. The monoisotopic (exact) mass is 411 g/mol. The summed E-state index contributed by atoms with van der Waals surface area (Å²) in [7, 11) is 0. The van der Waals surface area contributed by atoms with Crippen LogP contribution in [0.4, 0.5) is 4.79 Å². The summed E-state index contributed by atoms with van der Waals surface area (Å²) < 4.78 is 0. The fraction of sp³-hybridized carbons (Fsp3) is 0.556. The molecule has 0 bridgehead atoms. The Morgan fingerprint density at radius 2 is 2.14 bits per heavy atom. The smallest absolute Gasteiger partial charge is 0.315 e. The quantitative estimate of drug-likeness (QED) is 0.255. The zero-order valence-electron chi connectivity index (χ0n) is 15.6. The number of carboxylic acids is 1. The number of hydrogen-bond donors (Lipinski definition) is 5. The number of aromatic hydroxyl groups is 1. The molecule has 2 saturated heterocycles. The highest BCUT2D eigenvalue weighted by Gasteiger charge is 2.42. The molecule has 2 aliphatic heterocycles. The van der Waals surface area contributed by atoms with E-state index in [0.29, 0.717) is 22.8 Å². The number of hydrogen-bond acceptors (Lipinski definition) is 7. The summed E-state index contributed by atoms with van der Waals surface area (Å²) in [5.41, 5.74) is 0.840. The molecule has 0 unspecified atom stereocenters. The largest absolute Gasteiger partial charge is 0.505 e. The summed E-state index contributed by atoms with van der Waals surface area (Å²) in [5, 5.41) is 32.8. The van der Waals surface area contributed by atoms with E-state index in [1.54, 1.807) is 6.92 Å². The van der Waals surface area contributed by atoms with E-state index >= 15 is 0 Å². The number of aldehydes is 1. The van der Waals surface area contributed by atoms with Crippen LogP contribution in [0.5, 0.6) is 5.75 Å². The van der Waals surface area contributed by atoms with Crippen molar-refractivity contribution in [2.45, 2.75) is 56.5 Å². The maximum Gasteiger partial charge on any atom is 0.315 e. The molecule has 5 N–H and O–H groups in total. The predicted molar refractivity (Wildman–Crippen MR) is 104 cm³/mol. The maximum atomic E-state index is 11.1. The number of nitrogens with zero attached hydrogens (tertiary/aromatic N) is 1. The number of carboxylic acid groups (broad SMARTS) is 1. The summed E-state index contributed by atoms with van der Waals surface area (Å²) in [6.07, 6.45) is 4.76. The molecule has 0 radical (unpaired) electrons. The fourth-order valence-corrected chi connectivity index (χ4v) is 4.72. The van der Waals surface area contributed by atoms with Gasteiger partial charge in [-0.3, -0.25) is 14.6 Å². The SMILES string of the molecule is Cc1ncc(CO)c(C=O)c1O.O=C(O)CCCC[C@@H]1SC[C@@H]2NC(=O)N[C@@H]21. The van der Waals surface area contributed by atoms with Gasteiger partial charge >= 0.3 is 12.0 Å². The number of urea groups is 1. The second-order valence-corrected chi connectivity index (χ2v) is 7.94. The number of carbonyl (C=O) groups excluding carboxylic acids is 2. The lowest BCUT2D eigenvalue weighted by atomic mass is 10.0. The van der Waals surface area contributed by atoms with Crippen molar-refractivity contribution in [3.8, 4) is 5.75 Å². The van der Waals surface area contributed by atoms with Crippen LogP contribution < -0.4 is 10.6 Å². The third-order valence-electron chi connectivity index (χ3n) is 4.71. The third kappa shape index (κ3) is 5.59. The zero-order valence-corrected chi connectivity index (χ0v) is 16.4. The van der Waals surface area contributed by atoms with Gasteiger partial charge in [-0.25, -0.2) is 4.79 Å². The maximum absolute atomic E-state index is 11.1. The van der Waals surface area contributed by atoms with Gasteiger partial charge in [-0.1, -0.05) is 6.42 Å². The van der Waals surface area contributed by atoms with Gasteiger partial charge in [-0.2, -0.15) is 11.8 Å². The number of unbranched alkanes of at least 4 members (excludes halogenated alkanes) is 1. The summed E-state index contributed by atoms with van der Waals surface area (Å²) in [5.74, 6) is 0.0804. The molecule has 1 aromatic heterocycles. The van der Waals surface area contributed by atoms with Gasteiger partial charge in [0.15, 0.2) is 6.29 Å². The van der Waals surface area contributed by atoms with Gasteiger partial charge in [-0.05, 0) is 19.8 Å². The number of aliphatic carboxylic acids is 1. The first-order valence-corrected chi connectivity index (χ1v) is 10.1. The average molecular weight is 411 g/mol. The Labute approximate surface area is 166 Å². The van der Waals surface area contributed by atoms with Gasteiger partial charge in [0.2, 0.25) is 0 Å². The molecule has 3 rings (SSSR count). The van der Waals surface area contributed by atoms with Crippen LogP contribution in [0.2, 0.25) is 0 Å². The van der Waals surface area contributed by atoms with Crippen LogP contribution in [0.1, 0.15) is 47.3 Å². The van der Waals surface area contributed by atoms with Gasteiger partial charge in [-0.15, -0.1) is 0 Å². The molecule has 2 amide bonds. The van der Waals surface area contributed by atoms with E-state index in [9.17, 15) is 19.5 Å². The van der Waals surface area contributed by atoms with Crippen LogP contribution in [0.25, 0.3) is 0 Å². The van der Waals surface area contributed by atoms with Crippen molar-refractivity contribution in [1.29, 1.82) is 0 Å². The predicted octanol–water partition coefficient (Wildman–Crippen LogP) is 1.20. The first kappa shape index (κ1) is 22.0. The Morgan fingerprint density at radius 3 is 2.79 bits per heavy atom. The number of pyridine rings is 1. The molecule has 1 aromatic rings. The number of amides is 2. The van der Waals surface area contributed by atoms with E-state index in [-0.39, 0.29) is 42.5 Å². The van der Waals surface area contributed by atoms with E-state index in [1.165, 1.54) is 6.20 Å². The number of rotatable bonds is 7. The number of aromatic nitrogens is 1. The van der Waals surface area contributed by atoms with Gasteiger partial charge in [0.05, 0.1) is 29.9 Å². The lowest BCUT2D eigenvalue weighted by molar-refractivity contribution is -0.137. The van der Waals surface area contributed by atoms with Crippen molar-refractivity contribution in [3.63, 3.8) is 0 Å². The molecule has 9 nitrogen and oxygen atoms in total. The average Bonchev–Trinajstić information content (AvgIpc) is 3.20. The number of aliphatic hydroxyl groups excluding tert-OH is 1. The van der Waals surface area contributed by atoms with Crippen molar-refractivity contribution in [2.75, 3.05) is 5.75 Å². The highest BCUT2D eigenvalue weighted by molar-refractivity contribution is 8.00. The van der Waals surface area contributed by atoms with E-state index in [2.05, 4.69) is 15.6 Å². The van der Waals surface area contributed by atoms with E-state index in [0.717, 1.165) is 25.0 Å². The Bertz CT molecular complexity index is 730. The first-order valence-electron chi connectivity index (χ1n) is 9.01. The lowest BCUT2D eigenvalue weighted by Gasteiger charge is -2.16. The second kappa shape index (κ2) is 10.3. The van der Waals surface area contributed by atoms with Gasteiger partial charge in [0.1, 0.15) is 5.75 Å². The molecule has 3 heterocycles. The Kier molecular flexibility index (Phi) is 8.06. The van der Waals surface area contributed by atoms with Crippen molar-refractivity contribution >= 4 is 30.0 Å². The van der Waals surface area contributed by atoms with Crippen LogP contribution in [0, 0.1) is 6.92 Å². The molecule has 2 fully saturated rings. The Hall–Kier alpha value is -2.33. The van der Waals surface area contributed by atoms with Crippen molar-refractivity contribution < 1.29 is 29.7 Å². The molecule has 10 heteroatoms. The number of thioether (sulfide) groups is 1. The Morgan fingerprint density at radius 1 is 1.39 bits per heavy atom. The molecular formula is C18H25N3O6S. The number of aryl methyl sites for hydroxylation is 1. The Balaban J connectivity index is 0.000000209. The standard InChI is InChI=1S/C10H16N2O3S.C8H9NO3/c13-8(14)4-2-1-3-7-9-6(5-16-7)11-10(15)12-9;1-5-8(12)7(4-11)6(3-10)2-9-5/h6-7,9H,1-5H2,(H,13,14)(H2,11,12,15);2,4,10,12H,3H2,1H3/t6-,7-,9-;/m0./s1. The summed E-state index contributed by atoms with van der Waals surface area (Å²) in [4.78, 5) is 35.7. The molecule has 154 valence electrons. The molecule has 0 spiro atoms. The second-order valence-electron chi connectivity index (χ2n) is 6.67. The molecule has 2 aliphatic rings. The van der Waals surface area contributed by atoms with Gasteiger partial charge in [0, 0.05) is 29.2 Å². The van der Waals surface area contributed by atoms with Crippen molar-refractivity contribution in [3.05, 3.63) is 23.0 Å². The third-order valence-corrected chi connectivity index (χ3v) is 6.22. The van der Waals surface area contributed by atoms with E-state index in [4.69, 9.17) is 10.2 Å². The minimum Gasteiger partial charge on any atom is -0.505 e. The number of aliphatic hydroxyl groups is 1. The molecule has 3 atom stereocenters. The van der Waals surface area contributed by atoms with Gasteiger partial charge < -0.3 is 26.0 Å². The summed E-state index contributed by atoms with van der Waals surface area (Å²) >= 11 is 1.87. The summed E-state index contributed by atoms with van der Waals surface area (Å²) in [6, 6.07) is 0.440. The van der Waals surface area contributed by atoms with Crippen LogP contribution in [0.3, 0.4) is 0 Å². The molecule has 0 saturated carbocycles. The highest BCUT2D eigenvalue weighted by Crippen LogP contribution is 2.33. The number of nitrogens with one attached hydrogen (secondary N) is 2. The van der Waals surface area contributed by atoms with Crippen LogP contribution in [0.15, 0.2) is 6.20 Å². The number of carbonyl (C=O) groups is 3. The zero-order chi connectivity index (χ0) is 20.7. The van der Waals surface area contributed by atoms with Gasteiger partial charge in [0.25, 0.3) is 0 Å². The summed E-state index contributed by atoms with van der Waals surface area (Å²) in [6.45, 7) is 1.29. The van der Waals surface area contributed by atoms with Crippen molar-refractivity contribution in [1.82, 2.24) is 15.6 Å².